The maximum atomic E-state index is 11.8. The lowest BCUT2D eigenvalue weighted by Gasteiger charge is -2.25. The van der Waals surface area contributed by atoms with E-state index in [-0.39, 0.29) is 6.09 Å². The molecule has 2 aliphatic rings. The number of ether oxygens (including phenoxy) is 1. The number of likely N-dealkylation sites (tertiary alicyclic amines) is 1. The highest BCUT2D eigenvalue weighted by Crippen LogP contribution is 2.37. The molecule has 1 aliphatic heterocycles. The van der Waals surface area contributed by atoms with E-state index in [1.807, 2.05) is 25.7 Å². The van der Waals surface area contributed by atoms with E-state index in [0.29, 0.717) is 17.9 Å². The molecular formula is C14H24N2O6. The van der Waals surface area contributed by atoms with Crippen molar-refractivity contribution in [1.29, 1.82) is 0 Å². The number of nitrogens with zero attached hydrogens (tertiary/aromatic N) is 1. The van der Waals surface area contributed by atoms with Gasteiger partial charge in [-0.1, -0.05) is 0 Å². The Bertz CT molecular complexity index is 419. The number of amides is 1. The molecular weight excluding hydrogens is 292 g/mol. The van der Waals surface area contributed by atoms with Crippen LogP contribution < -0.4 is 5.73 Å². The predicted molar refractivity (Wildman–Crippen MR) is 77.3 cm³/mol. The topological polar surface area (TPSA) is 130 Å². The number of nitrogens with two attached hydrogens (primary N) is 1. The molecule has 0 spiro atoms. The smallest absolute Gasteiger partial charge is 0.414 e. The second kappa shape index (κ2) is 6.95. The van der Waals surface area contributed by atoms with Crippen molar-refractivity contribution in [3.05, 3.63) is 0 Å². The molecule has 0 aromatic rings. The van der Waals surface area contributed by atoms with Crippen molar-refractivity contribution < 1.29 is 29.3 Å². The molecule has 2 rings (SSSR count). The van der Waals surface area contributed by atoms with Crippen LogP contribution in [0.1, 0.15) is 33.6 Å². The van der Waals surface area contributed by atoms with E-state index >= 15 is 0 Å². The summed E-state index contributed by atoms with van der Waals surface area (Å²) in [6.07, 6.45) is 1.95. The first-order valence-electron chi connectivity index (χ1n) is 7.19. The number of carbonyl (C=O) groups is 3. The lowest BCUT2D eigenvalue weighted by atomic mass is 10.0. The predicted octanol–water partition coefficient (Wildman–Crippen LogP) is 0.746. The highest BCUT2D eigenvalue weighted by atomic mass is 16.6. The molecule has 8 heteroatoms. The van der Waals surface area contributed by atoms with Gasteiger partial charge in [0.25, 0.3) is 0 Å². The average Bonchev–Trinajstić information content (AvgIpc) is 2.84. The number of aliphatic carboxylic acids is 2. The third-order valence-corrected chi connectivity index (χ3v) is 3.62. The van der Waals surface area contributed by atoms with Gasteiger partial charge in [0.15, 0.2) is 0 Å². The molecule has 4 N–H and O–H groups in total. The second-order valence-corrected chi connectivity index (χ2v) is 6.75. The lowest BCUT2D eigenvalue weighted by Crippen LogP contribution is -2.36. The van der Waals surface area contributed by atoms with Gasteiger partial charge in [-0.3, -0.25) is 0 Å². The van der Waals surface area contributed by atoms with Crippen LogP contribution in [-0.2, 0) is 14.3 Å². The Labute approximate surface area is 129 Å². The number of carboxylic acids is 2. The van der Waals surface area contributed by atoms with Crippen LogP contribution in [0.3, 0.4) is 0 Å². The first-order chi connectivity index (χ1) is 9.99. The van der Waals surface area contributed by atoms with E-state index in [9.17, 15) is 4.79 Å². The molecule has 2 fully saturated rings. The maximum absolute atomic E-state index is 11.8. The number of carbonyl (C=O) groups excluding carboxylic acids is 1. The summed E-state index contributed by atoms with van der Waals surface area (Å²) in [5.74, 6) is -2.45. The number of rotatable bonds is 0. The first-order valence-corrected chi connectivity index (χ1v) is 7.19. The molecule has 0 bridgehead atoms. The van der Waals surface area contributed by atoms with Gasteiger partial charge in [0.2, 0.25) is 0 Å². The van der Waals surface area contributed by atoms with Crippen LogP contribution in [0.25, 0.3) is 0 Å². The summed E-state index contributed by atoms with van der Waals surface area (Å²) in [6, 6.07) is 0.343. The summed E-state index contributed by atoms with van der Waals surface area (Å²) < 4.78 is 5.37. The van der Waals surface area contributed by atoms with Gasteiger partial charge >= 0.3 is 18.0 Å². The number of hydrogen-bond acceptors (Lipinski definition) is 5. The zero-order valence-corrected chi connectivity index (χ0v) is 13.1. The summed E-state index contributed by atoms with van der Waals surface area (Å²) >= 11 is 0. The van der Waals surface area contributed by atoms with Gasteiger partial charge in [0.05, 0.1) is 0 Å². The molecule has 1 saturated carbocycles. The molecule has 1 saturated heterocycles. The minimum atomic E-state index is -1.82. The maximum Gasteiger partial charge on any atom is 0.414 e. The highest BCUT2D eigenvalue weighted by Gasteiger charge is 2.42. The molecule has 0 radical (unpaired) electrons. The fraction of sp³-hybridized carbons (Fsp3) is 0.786. The van der Waals surface area contributed by atoms with Gasteiger partial charge in [-0.05, 0) is 45.4 Å². The summed E-state index contributed by atoms with van der Waals surface area (Å²) in [5.41, 5.74) is 5.52. The summed E-state index contributed by atoms with van der Waals surface area (Å²) in [7, 11) is 0. The van der Waals surface area contributed by atoms with Gasteiger partial charge in [-0.25, -0.2) is 14.4 Å². The van der Waals surface area contributed by atoms with Crippen molar-refractivity contribution in [2.24, 2.45) is 17.6 Å². The molecule has 0 aromatic carbocycles. The van der Waals surface area contributed by atoms with Crippen molar-refractivity contribution in [2.45, 2.75) is 45.3 Å². The van der Waals surface area contributed by atoms with E-state index in [1.54, 1.807) is 0 Å². The van der Waals surface area contributed by atoms with Crippen molar-refractivity contribution in [3.63, 3.8) is 0 Å². The number of carboxylic acid groups (broad SMARTS) is 2. The fourth-order valence-electron chi connectivity index (χ4n) is 2.82. The Morgan fingerprint density at radius 2 is 1.45 bits per heavy atom. The zero-order chi connectivity index (χ0) is 17.1. The quantitative estimate of drug-likeness (QED) is 0.562. The second-order valence-electron chi connectivity index (χ2n) is 6.75. The molecule has 1 heterocycles. The molecule has 8 nitrogen and oxygen atoms in total. The minimum absolute atomic E-state index is 0.171. The monoisotopic (exact) mass is 316 g/mol. The molecule has 2 unspecified atom stereocenters. The van der Waals surface area contributed by atoms with Gasteiger partial charge in [-0.15, -0.1) is 0 Å². The molecule has 126 valence electrons. The largest absolute Gasteiger partial charge is 0.473 e. The first kappa shape index (κ1) is 18.2. The van der Waals surface area contributed by atoms with Crippen LogP contribution in [0.15, 0.2) is 0 Å². The highest BCUT2D eigenvalue weighted by molar-refractivity contribution is 6.27. The Morgan fingerprint density at radius 3 is 1.77 bits per heavy atom. The molecule has 1 aliphatic carbocycles. The third-order valence-electron chi connectivity index (χ3n) is 3.62. The number of fused-ring (bicyclic) bond motifs is 1. The van der Waals surface area contributed by atoms with E-state index in [0.717, 1.165) is 25.9 Å². The summed E-state index contributed by atoms with van der Waals surface area (Å²) in [5, 5.41) is 14.8. The fourth-order valence-corrected chi connectivity index (χ4v) is 2.82. The van der Waals surface area contributed by atoms with Crippen LogP contribution >= 0.6 is 0 Å². The molecule has 2 atom stereocenters. The van der Waals surface area contributed by atoms with E-state index in [1.165, 1.54) is 0 Å². The van der Waals surface area contributed by atoms with Crippen molar-refractivity contribution in [3.8, 4) is 0 Å². The SMILES string of the molecule is CC(C)(C)OC(=O)N1CC2CC(N)CC2C1.O=C(O)C(=O)O. The molecule has 0 aromatic heterocycles. The van der Waals surface area contributed by atoms with Crippen molar-refractivity contribution >= 4 is 18.0 Å². The third kappa shape index (κ3) is 5.51. The standard InChI is InChI=1S/C12H22N2O2.C2H2O4/c1-12(2,3)16-11(15)14-6-8-4-10(13)5-9(8)7-14;3-1(4)2(5)6/h8-10H,4-7,13H2,1-3H3;(H,3,4)(H,5,6). The van der Waals surface area contributed by atoms with Gasteiger partial charge in [0, 0.05) is 19.1 Å². The molecule has 22 heavy (non-hydrogen) atoms. The van der Waals surface area contributed by atoms with Gasteiger partial charge in [-0.2, -0.15) is 0 Å². The summed E-state index contributed by atoms with van der Waals surface area (Å²) in [6.45, 7) is 7.35. The van der Waals surface area contributed by atoms with Gasteiger partial charge < -0.3 is 25.6 Å². The lowest BCUT2D eigenvalue weighted by molar-refractivity contribution is -0.159. The van der Waals surface area contributed by atoms with E-state index in [2.05, 4.69) is 0 Å². The van der Waals surface area contributed by atoms with E-state index in [4.69, 9.17) is 30.3 Å². The summed E-state index contributed by atoms with van der Waals surface area (Å²) in [4.78, 5) is 31.9. The Balaban J connectivity index is 0.000000346. The molecule has 1 amide bonds. The Kier molecular flexibility index (Phi) is 5.76. The Morgan fingerprint density at radius 1 is 1.05 bits per heavy atom. The van der Waals surface area contributed by atoms with E-state index < -0.39 is 17.5 Å². The van der Waals surface area contributed by atoms with Crippen molar-refractivity contribution in [2.75, 3.05) is 13.1 Å². The number of hydrogen-bond donors (Lipinski definition) is 3. The Hall–Kier alpha value is -1.83. The van der Waals surface area contributed by atoms with Crippen LogP contribution in [0, 0.1) is 11.8 Å². The van der Waals surface area contributed by atoms with Gasteiger partial charge in [0.1, 0.15) is 5.60 Å². The van der Waals surface area contributed by atoms with Crippen molar-refractivity contribution in [1.82, 2.24) is 4.90 Å². The van der Waals surface area contributed by atoms with Crippen LogP contribution in [0.5, 0.6) is 0 Å². The van der Waals surface area contributed by atoms with Crippen LogP contribution in [0.2, 0.25) is 0 Å². The van der Waals surface area contributed by atoms with Crippen LogP contribution in [0.4, 0.5) is 4.79 Å². The minimum Gasteiger partial charge on any atom is -0.473 e. The van der Waals surface area contributed by atoms with Crippen LogP contribution in [-0.4, -0.2) is 57.9 Å². The average molecular weight is 316 g/mol. The normalized spacial score (nSPS) is 26.7. The zero-order valence-electron chi connectivity index (χ0n) is 13.1.